The fourth-order valence-electron chi connectivity index (χ4n) is 7.48. The number of ether oxygens (including phenoxy) is 10. The minimum atomic E-state index is -0.0182. The van der Waals surface area contributed by atoms with Gasteiger partial charge < -0.3 is 47.4 Å². The van der Waals surface area contributed by atoms with Crippen LogP contribution in [0.4, 0.5) is 0 Å². The predicted octanol–water partition coefficient (Wildman–Crippen LogP) is 8.21. The minimum Gasteiger partial charge on any atom is -0.496 e. The standard InChI is InChI=1S/C53H46O10/c1-11-16-59-46-25-34-21-37-26-50(56-8)40(31-47(37)60-17-12-2)41-32-48(61-18-13-3)38(27-51(41)57-9)23-39-28-52(58-10)42(33-49(39)62-19-14-4)43-30-45(55-7)35(29-53(43)63-20-15-5)22-36(46)24-44(34)54-6/h1-5,24-33H,16-23H2,6-10H3. The lowest BCUT2D eigenvalue weighted by molar-refractivity contribution is 0.359. The van der Waals surface area contributed by atoms with Crippen LogP contribution >= 0.6 is 0 Å². The van der Waals surface area contributed by atoms with Crippen molar-refractivity contribution in [3.63, 3.8) is 0 Å². The van der Waals surface area contributed by atoms with Gasteiger partial charge in [0.1, 0.15) is 90.5 Å². The van der Waals surface area contributed by atoms with E-state index in [1.807, 2.05) is 60.7 Å². The molecule has 0 unspecified atom stereocenters. The third-order valence-electron chi connectivity index (χ3n) is 10.3. The van der Waals surface area contributed by atoms with E-state index in [0.29, 0.717) is 92.6 Å². The summed E-state index contributed by atoms with van der Waals surface area (Å²) in [7, 11) is 7.96. The lowest BCUT2D eigenvalue weighted by Gasteiger charge is -2.21. The smallest absolute Gasteiger partial charge is 0.148 e. The maximum absolute atomic E-state index is 6.25. The first-order chi connectivity index (χ1) is 30.8. The summed E-state index contributed by atoms with van der Waals surface area (Å²) in [5, 5.41) is 0. The van der Waals surface area contributed by atoms with Crippen molar-refractivity contribution in [3.05, 3.63) is 94.0 Å². The Kier molecular flexibility index (Phi) is 14.8. The van der Waals surface area contributed by atoms with Crippen molar-refractivity contribution >= 4 is 0 Å². The van der Waals surface area contributed by atoms with Crippen LogP contribution in [-0.2, 0) is 19.3 Å². The molecule has 318 valence electrons. The Balaban J connectivity index is 1.74. The molecule has 0 aromatic heterocycles. The van der Waals surface area contributed by atoms with Crippen LogP contribution < -0.4 is 47.4 Å². The molecular formula is C53H46O10. The van der Waals surface area contributed by atoms with Crippen molar-refractivity contribution in [2.75, 3.05) is 68.6 Å². The lowest BCUT2D eigenvalue weighted by atomic mass is 9.93. The molecule has 10 heteroatoms. The van der Waals surface area contributed by atoms with Gasteiger partial charge in [0.2, 0.25) is 0 Å². The highest BCUT2D eigenvalue weighted by Crippen LogP contribution is 2.48. The molecule has 0 saturated heterocycles. The molecule has 0 amide bonds. The zero-order chi connectivity index (χ0) is 44.9. The zero-order valence-electron chi connectivity index (χ0n) is 35.9. The molecule has 10 aliphatic rings. The Morgan fingerprint density at radius 2 is 0.508 bits per heavy atom. The summed E-state index contributed by atoms with van der Waals surface area (Å²) in [4.78, 5) is 0. The van der Waals surface area contributed by atoms with Crippen LogP contribution in [0.2, 0.25) is 0 Å². The molecule has 10 nitrogen and oxygen atoms in total. The van der Waals surface area contributed by atoms with Crippen molar-refractivity contribution in [3.8, 4) is 141 Å². The molecule has 63 heavy (non-hydrogen) atoms. The second kappa shape index (κ2) is 20.9. The van der Waals surface area contributed by atoms with Crippen molar-refractivity contribution in [2.45, 2.75) is 19.3 Å². The number of rotatable bonds is 15. The van der Waals surface area contributed by atoms with E-state index >= 15 is 0 Å². The monoisotopic (exact) mass is 842 g/mol. The van der Waals surface area contributed by atoms with Gasteiger partial charge in [-0.05, 0) is 60.7 Å². The highest BCUT2D eigenvalue weighted by atomic mass is 16.5. The highest BCUT2D eigenvalue weighted by molar-refractivity contribution is 5.82. The Morgan fingerprint density at radius 3 is 0.825 bits per heavy atom. The first-order valence-electron chi connectivity index (χ1n) is 19.6. The SMILES string of the molecule is C#CCOc1cc2c(OC)cc1Cc1cc(OCC#C)c(cc1OC)-c1cc(OCC#C)c(cc1OC)Cc1cc(OC)c(cc1OCC#C)-c1cc(OCC#C)c(cc1OC)C2. The number of hydrogen-bond donors (Lipinski definition) is 0. The van der Waals surface area contributed by atoms with E-state index in [1.165, 1.54) is 0 Å². The van der Waals surface area contributed by atoms with Crippen molar-refractivity contribution < 1.29 is 47.4 Å². The van der Waals surface area contributed by atoms with Crippen LogP contribution in [0.5, 0.6) is 57.5 Å². The summed E-state index contributed by atoms with van der Waals surface area (Å²) in [6.45, 7) is -0.0397. The molecule has 0 fully saturated rings. The molecule has 0 spiro atoms. The highest BCUT2D eigenvalue weighted by Gasteiger charge is 2.25. The molecule has 0 atom stereocenters. The van der Waals surface area contributed by atoms with Gasteiger partial charge >= 0.3 is 0 Å². The van der Waals surface area contributed by atoms with Gasteiger partial charge in [-0.1, -0.05) is 29.6 Å². The minimum absolute atomic E-state index is 0.00201. The number of methoxy groups -OCH3 is 5. The van der Waals surface area contributed by atoms with Crippen LogP contribution in [0.1, 0.15) is 33.4 Å². The normalized spacial score (nSPS) is 11.0. The van der Waals surface area contributed by atoms with E-state index in [1.54, 1.807) is 35.5 Å². The van der Waals surface area contributed by atoms with Gasteiger partial charge in [-0.25, -0.2) is 0 Å². The molecule has 0 heterocycles. The molecule has 5 aromatic carbocycles. The van der Waals surface area contributed by atoms with Crippen LogP contribution in [0.3, 0.4) is 0 Å². The van der Waals surface area contributed by atoms with Gasteiger partial charge in [0.15, 0.2) is 0 Å². The average Bonchev–Trinajstić information content (AvgIpc) is 3.31. The molecule has 0 radical (unpaired) electrons. The summed E-state index contributed by atoms with van der Waals surface area (Å²) in [6.07, 6.45) is 29.6. The van der Waals surface area contributed by atoms with Gasteiger partial charge in [-0.3, -0.25) is 0 Å². The third-order valence-corrected chi connectivity index (χ3v) is 10.3. The van der Waals surface area contributed by atoms with Gasteiger partial charge in [-0.2, -0.15) is 0 Å². The first kappa shape index (κ1) is 44.5. The van der Waals surface area contributed by atoms with Gasteiger partial charge in [-0.15, -0.1) is 32.1 Å². The van der Waals surface area contributed by atoms with Gasteiger partial charge in [0, 0.05) is 74.9 Å². The average molecular weight is 843 g/mol. The molecule has 5 aromatic rings. The molecule has 10 aliphatic carbocycles. The quantitative estimate of drug-likeness (QED) is 0.0943. The maximum atomic E-state index is 6.25. The number of benzene rings is 5. The molecular weight excluding hydrogens is 797 g/mol. The zero-order valence-corrected chi connectivity index (χ0v) is 35.9. The first-order valence-corrected chi connectivity index (χ1v) is 19.6. The lowest BCUT2D eigenvalue weighted by Crippen LogP contribution is -2.06. The fourth-order valence-corrected chi connectivity index (χ4v) is 7.48. The Labute approximate surface area is 369 Å². The summed E-state index contributed by atoms with van der Waals surface area (Å²) in [5.41, 5.74) is 7.04. The van der Waals surface area contributed by atoms with E-state index in [0.717, 1.165) is 33.4 Å². The molecule has 10 bridgehead atoms. The van der Waals surface area contributed by atoms with Crippen LogP contribution in [-0.4, -0.2) is 68.6 Å². The second-order valence-corrected chi connectivity index (χ2v) is 13.9. The summed E-state index contributed by atoms with van der Waals surface area (Å²) in [5.74, 6) is 18.0. The topological polar surface area (TPSA) is 92.3 Å². The van der Waals surface area contributed by atoms with Crippen molar-refractivity contribution in [1.29, 1.82) is 0 Å². The van der Waals surface area contributed by atoms with Crippen molar-refractivity contribution in [2.24, 2.45) is 0 Å². The van der Waals surface area contributed by atoms with E-state index in [-0.39, 0.29) is 39.5 Å². The Morgan fingerprint density at radius 1 is 0.302 bits per heavy atom. The third kappa shape index (κ3) is 9.77. The summed E-state index contributed by atoms with van der Waals surface area (Å²) in [6, 6.07) is 18.8. The molecule has 0 aliphatic heterocycles. The molecule has 15 rings (SSSR count). The fraction of sp³-hybridized carbons (Fsp3) is 0.245. The Hall–Kier alpha value is -8.10. The molecule has 0 N–H and O–H groups in total. The number of hydrogen-bond acceptors (Lipinski definition) is 10. The second-order valence-electron chi connectivity index (χ2n) is 13.9. The number of terminal acetylenes is 5. The summed E-state index contributed by atoms with van der Waals surface area (Å²) < 4.78 is 61.5. The van der Waals surface area contributed by atoms with E-state index in [4.69, 9.17) is 79.5 Å². The summed E-state index contributed by atoms with van der Waals surface area (Å²) >= 11 is 0. The predicted molar refractivity (Wildman–Crippen MR) is 243 cm³/mol. The van der Waals surface area contributed by atoms with E-state index < -0.39 is 0 Å². The van der Waals surface area contributed by atoms with Crippen LogP contribution in [0, 0.1) is 61.7 Å². The van der Waals surface area contributed by atoms with Crippen LogP contribution in [0.25, 0.3) is 22.3 Å². The van der Waals surface area contributed by atoms with Crippen LogP contribution in [0.15, 0.2) is 60.7 Å². The molecule has 0 saturated carbocycles. The van der Waals surface area contributed by atoms with Gasteiger partial charge in [0.25, 0.3) is 0 Å². The van der Waals surface area contributed by atoms with Gasteiger partial charge in [0.05, 0.1) is 35.5 Å². The largest absolute Gasteiger partial charge is 0.496 e. The Bertz CT molecular complexity index is 2710. The van der Waals surface area contributed by atoms with E-state index in [2.05, 4.69) is 29.6 Å². The van der Waals surface area contributed by atoms with E-state index in [9.17, 15) is 0 Å². The van der Waals surface area contributed by atoms with Crippen molar-refractivity contribution in [1.82, 2.24) is 0 Å². The maximum Gasteiger partial charge on any atom is 0.148 e.